The number of rotatable bonds is 11. The number of nitrogens with one attached hydrogen (secondary N) is 3. The Morgan fingerprint density at radius 3 is 2.45 bits per heavy atom. The maximum Gasteiger partial charge on any atom is 0.180 e. The van der Waals surface area contributed by atoms with Gasteiger partial charge in [0.05, 0.1) is 26.1 Å². The first-order valence-electron chi connectivity index (χ1n) is 10.7. The van der Waals surface area contributed by atoms with Crippen LogP contribution in [0.1, 0.15) is 19.5 Å². The first-order valence-corrected chi connectivity index (χ1v) is 10.7. The van der Waals surface area contributed by atoms with Crippen molar-refractivity contribution in [2.75, 3.05) is 39.3 Å². The number of ether oxygens (including phenoxy) is 2. The van der Waals surface area contributed by atoms with E-state index in [2.05, 4.69) is 39.3 Å². The molecule has 0 unspecified atom stereocenters. The molecule has 0 aliphatic heterocycles. The molecule has 0 bridgehead atoms. The molecule has 174 valence electrons. The number of benzene rings is 1. The molecule has 0 amide bonds. The summed E-state index contributed by atoms with van der Waals surface area (Å²) in [6.45, 7) is 5.66. The SMILES string of the molecule is CN/C=C(\C=N)c1cnc2ccc(N(CCNC(C)C)c3cc(OC)cc(OC)c3)nc2n1. The second-order valence-electron chi connectivity index (χ2n) is 7.63. The fourth-order valence-electron chi connectivity index (χ4n) is 3.31. The van der Waals surface area contributed by atoms with Gasteiger partial charge in [0.1, 0.15) is 22.8 Å². The second kappa shape index (κ2) is 11.2. The average molecular weight is 450 g/mol. The van der Waals surface area contributed by atoms with E-state index in [1.807, 2.05) is 30.3 Å². The van der Waals surface area contributed by atoms with E-state index in [1.54, 1.807) is 33.7 Å². The van der Waals surface area contributed by atoms with E-state index in [4.69, 9.17) is 19.9 Å². The van der Waals surface area contributed by atoms with Crippen molar-refractivity contribution in [1.29, 1.82) is 5.41 Å². The number of hydrogen-bond donors (Lipinski definition) is 3. The monoisotopic (exact) mass is 449 g/mol. The Hall–Kier alpha value is -3.72. The molecular weight excluding hydrogens is 418 g/mol. The molecule has 0 atom stereocenters. The first kappa shape index (κ1) is 23.9. The molecule has 33 heavy (non-hydrogen) atoms. The van der Waals surface area contributed by atoms with Gasteiger partial charge in [0.25, 0.3) is 0 Å². The minimum Gasteiger partial charge on any atom is -0.497 e. The zero-order valence-corrected chi connectivity index (χ0v) is 19.7. The van der Waals surface area contributed by atoms with Crippen LogP contribution in [0.5, 0.6) is 11.5 Å². The minimum absolute atomic E-state index is 0.364. The van der Waals surface area contributed by atoms with Crippen LogP contribution >= 0.6 is 0 Å². The van der Waals surface area contributed by atoms with Crippen molar-refractivity contribution in [2.45, 2.75) is 19.9 Å². The summed E-state index contributed by atoms with van der Waals surface area (Å²) in [5.74, 6) is 2.12. The topological polar surface area (TPSA) is 108 Å². The molecule has 0 aliphatic rings. The zero-order chi connectivity index (χ0) is 23.8. The maximum atomic E-state index is 7.66. The number of allylic oxidation sites excluding steroid dienone is 1. The molecule has 3 N–H and O–H groups in total. The molecule has 2 heterocycles. The summed E-state index contributed by atoms with van der Waals surface area (Å²) in [6.07, 6.45) is 4.59. The van der Waals surface area contributed by atoms with Crippen LogP contribution in [0.25, 0.3) is 16.7 Å². The third-order valence-corrected chi connectivity index (χ3v) is 4.96. The molecule has 0 spiro atoms. The first-order chi connectivity index (χ1) is 16.0. The highest BCUT2D eigenvalue weighted by Crippen LogP contribution is 2.32. The van der Waals surface area contributed by atoms with Crippen LogP contribution in [0.15, 0.2) is 42.7 Å². The third-order valence-electron chi connectivity index (χ3n) is 4.96. The van der Waals surface area contributed by atoms with Crippen molar-refractivity contribution in [3.05, 3.63) is 48.4 Å². The van der Waals surface area contributed by atoms with Crippen molar-refractivity contribution in [3.63, 3.8) is 0 Å². The van der Waals surface area contributed by atoms with Crippen molar-refractivity contribution in [2.24, 2.45) is 0 Å². The predicted molar refractivity (Wildman–Crippen MR) is 133 cm³/mol. The fourth-order valence-corrected chi connectivity index (χ4v) is 3.31. The molecule has 0 fully saturated rings. The van der Waals surface area contributed by atoms with Crippen molar-refractivity contribution in [1.82, 2.24) is 25.6 Å². The number of aromatic nitrogens is 3. The van der Waals surface area contributed by atoms with Crippen LogP contribution in [0.3, 0.4) is 0 Å². The highest BCUT2D eigenvalue weighted by Gasteiger charge is 2.15. The van der Waals surface area contributed by atoms with Gasteiger partial charge < -0.3 is 30.4 Å². The van der Waals surface area contributed by atoms with E-state index in [0.717, 1.165) is 18.1 Å². The van der Waals surface area contributed by atoms with Crippen LogP contribution < -0.4 is 25.0 Å². The Bertz CT molecular complexity index is 1110. The molecule has 0 radical (unpaired) electrons. The lowest BCUT2D eigenvalue weighted by Gasteiger charge is -2.25. The summed E-state index contributed by atoms with van der Waals surface area (Å²) in [5, 5.41) is 14.0. The molecule has 3 aromatic rings. The summed E-state index contributed by atoms with van der Waals surface area (Å²) in [6, 6.07) is 9.94. The van der Waals surface area contributed by atoms with Gasteiger partial charge in [-0.05, 0) is 12.1 Å². The lowest BCUT2D eigenvalue weighted by molar-refractivity contribution is 0.394. The van der Waals surface area contributed by atoms with Crippen LogP contribution in [0.4, 0.5) is 11.5 Å². The number of methoxy groups -OCH3 is 2. The van der Waals surface area contributed by atoms with E-state index in [9.17, 15) is 0 Å². The standard InChI is InChI=1S/C24H31N7O2/c1-16(2)27-8-9-31(18-10-19(32-4)12-20(11-18)33-5)23-7-6-21-24(30-23)29-22(15-28-21)17(13-25)14-26-3/h6-7,10-16,25-27H,8-9H2,1-5H3/b17-14+,25-13?. The molecule has 3 rings (SSSR count). The molecule has 0 saturated heterocycles. The highest BCUT2D eigenvalue weighted by molar-refractivity contribution is 6.07. The van der Waals surface area contributed by atoms with Gasteiger partial charge in [-0.15, -0.1) is 0 Å². The van der Waals surface area contributed by atoms with Gasteiger partial charge in [0.15, 0.2) is 5.65 Å². The number of hydrogen-bond acceptors (Lipinski definition) is 9. The Balaban J connectivity index is 2.07. The molecule has 0 saturated carbocycles. The van der Waals surface area contributed by atoms with Crippen molar-refractivity contribution < 1.29 is 9.47 Å². The molecule has 0 aliphatic carbocycles. The summed E-state index contributed by atoms with van der Waals surface area (Å²) < 4.78 is 11.0. The van der Waals surface area contributed by atoms with Crippen LogP contribution in [-0.2, 0) is 0 Å². The van der Waals surface area contributed by atoms with E-state index < -0.39 is 0 Å². The minimum atomic E-state index is 0.364. The number of pyridine rings is 1. The predicted octanol–water partition coefficient (Wildman–Crippen LogP) is 3.39. The molecular formula is C24H31N7O2. The maximum absolute atomic E-state index is 7.66. The molecule has 1 aromatic carbocycles. The molecule has 9 heteroatoms. The van der Waals surface area contributed by atoms with Gasteiger partial charge in [-0.2, -0.15) is 0 Å². The van der Waals surface area contributed by atoms with Gasteiger partial charge in [-0.3, -0.25) is 4.98 Å². The van der Waals surface area contributed by atoms with Gasteiger partial charge in [0, 0.05) is 68.1 Å². The largest absolute Gasteiger partial charge is 0.497 e. The Labute approximate surface area is 194 Å². The van der Waals surface area contributed by atoms with Crippen molar-refractivity contribution in [3.8, 4) is 11.5 Å². The third kappa shape index (κ3) is 5.95. The van der Waals surface area contributed by atoms with Crippen LogP contribution in [0, 0.1) is 5.41 Å². The van der Waals surface area contributed by atoms with Gasteiger partial charge in [0.2, 0.25) is 0 Å². The summed E-state index contributed by atoms with van der Waals surface area (Å²) in [7, 11) is 5.04. The second-order valence-corrected chi connectivity index (χ2v) is 7.63. The number of nitrogens with zero attached hydrogens (tertiary/aromatic N) is 4. The van der Waals surface area contributed by atoms with E-state index >= 15 is 0 Å². The van der Waals surface area contributed by atoms with Gasteiger partial charge in [-0.1, -0.05) is 13.8 Å². The number of fused-ring (bicyclic) bond motifs is 1. The average Bonchev–Trinajstić information content (AvgIpc) is 2.84. The fraction of sp³-hybridized carbons (Fsp3) is 0.333. The van der Waals surface area contributed by atoms with Crippen LogP contribution in [0.2, 0.25) is 0 Å². The Morgan fingerprint density at radius 1 is 1.12 bits per heavy atom. The lowest BCUT2D eigenvalue weighted by Crippen LogP contribution is -2.33. The smallest absolute Gasteiger partial charge is 0.180 e. The molecule has 9 nitrogen and oxygen atoms in total. The van der Waals surface area contributed by atoms with E-state index in [-0.39, 0.29) is 0 Å². The van der Waals surface area contributed by atoms with Gasteiger partial charge >= 0.3 is 0 Å². The van der Waals surface area contributed by atoms with Gasteiger partial charge in [-0.25, -0.2) is 9.97 Å². The quantitative estimate of drug-likeness (QED) is 0.382. The van der Waals surface area contributed by atoms with Crippen LogP contribution in [-0.4, -0.2) is 61.6 Å². The summed E-state index contributed by atoms with van der Waals surface area (Å²) >= 11 is 0. The van der Waals surface area contributed by atoms with Crippen molar-refractivity contribution >= 4 is 34.5 Å². The molecule has 2 aromatic heterocycles. The normalized spacial score (nSPS) is 11.5. The Morgan fingerprint density at radius 2 is 1.85 bits per heavy atom. The Kier molecular flexibility index (Phi) is 8.15. The van der Waals surface area contributed by atoms with E-state index in [1.165, 1.54) is 6.21 Å². The zero-order valence-electron chi connectivity index (χ0n) is 19.7. The lowest BCUT2D eigenvalue weighted by atomic mass is 10.2. The van der Waals surface area contributed by atoms with E-state index in [0.29, 0.717) is 46.5 Å². The summed E-state index contributed by atoms with van der Waals surface area (Å²) in [5.41, 5.74) is 3.27. The highest BCUT2D eigenvalue weighted by atomic mass is 16.5. The number of anilines is 2. The summed E-state index contributed by atoms with van der Waals surface area (Å²) in [4.78, 5) is 16.0.